The Bertz CT molecular complexity index is 334. The Kier molecular flexibility index (Phi) is 4.04. The van der Waals surface area contributed by atoms with Gasteiger partial charge in [0.2, 0.25) is 0 Å². The lowest BCUT2D eigenvalue weighted by Gasteiger charge is -2.11. The summed E-state index contributed by atoms with van der Waals surface area (Å²) in [6.45, 7) is 4.36. The van der Waals surface area contributed by atoms with E-state index in [1.54, 1.807) is 6.07 Å². The molecule has 0 bridgehead atoms. The number of rotatable bonds is 4. The van der Waals surface area contributed by atoms with Gasteiger partial charge >= 0.3 is 6.36 Å². The standard InChI is InChI=1S/C11H13F3O2/c1-8(2)7-15-9-4-3-5-10(6-9)16-11(12,13)14/h3-6,8H,7H2,1-2H3. The fourth-order valence-corrected chi connectivity index (χ4v) is 1.02. The highest BCUT2D eigenvalue weighted by molar-refractivity contribution is 5.33. The van der Waals surface area contributed by atoms with Crippen molar-refractivity contribution < 1.29 is 22.6 Å². The number of benzene rings is 1. The summed E-state index contributed by atoms with van der Waals surface area (Å²) >= 11 is 0. The average Bonchev–Trinajstić information content (AvgIpc) is 2.12. The zero-order chi connectivity index (χ0) is 12.2. The number of hydrogen-bond acceptors (Lipinski definition) is 2. The summed E-state index contributed by atoms with van der Waals surface area (Å²) in [4.78, 5) is 0. The maximum absolute atomic E-state index is 11.9. The lowest BCUT2D eigenvalue weighted by Crippen LogP contribution is -2.17. The topological polar surface area (TPSA) is 18.5 Å². The molecular weight excluding hydrogens is 221 g/mol. The molecule has 0 heterocycles. The van der Waals surface area contributed by atoms with Crippen LogP contribution in [0.4, 0.5) is 13.2 Å². The molecule has 5 heteroatoms. The normalized spacial score (nSPS) is 11.6. The van der Waals surface area contributed by atoms with Gasteiger partial charge in [0, 0.05) is 6.07 Å². The van der Waals surface area contributed by atoms with E-state index in [1.165, 1.54) is 18.2 Å². The van der Waals surface area contributed by atoms with E-state index >= 15 is 0 Å². The van der Waals surface area contributed by atoms with E-state index in [-0.39, 0.29) is 5.75 Å². The number of ether oxygens (including phenoxy) is 2. The maximum atomic E-state index is 11.9. The van der Waals surface area contributed by atoms with Crippen molar-refractivity contribution in [3.63, 3.8) is 0 Å². The van der Waals surface area contributed by atoms with Crippen LogP contribution in [-0.4, -0.2) is 13.0 Å². The molecule has 0 fully saturated rings. The Morgan fingerprint density at radius 3 is 2.38 bits per heavy atom. The van der Waals surface area contributed by atoms with Crippen molar-refractivity contribution in [1.82, 2.24) is 0 Å². The summed E-state index contributed by atoms with van der Waals surface area (Å²) in [5, 5.41) is 0. The highest BCUT2D eigenvalue weighted by atomic mass is 19.4. The molecule has 0 aliphatic heterocycles. The smallest absolute Gasteiger partial charge is 0.493 e. The van der Waals surface area contributed by atoms with Crippen molar-refractivity contribution >= 4 is 0 Å². The van der Waals surface area contributed by atoms with Crippen molar-refractivity contribution in [1.29, 1.82) is 0 Å². The number of hydrogen-bond donors (Lipinski definition) is 0. The molecule has 0 unspecified atom stereocenters. The second-order valence-electron chi connectivity index (χ2n) is 3.73. The van der Waals surface area contributed by atoms with Gasteiger partial charge in [0.15, 0.2) is 0 Å². The predicted molar refractivity (Wildman–Crippen MR) is 53.5 cm³/mol. The molecule has 0 saturated carbocycles. The van der Waals surface area contributed by atoms with E-state index in [2.05, 4.69) is 4.74 Å². The van der Waals surface area contributed by atoms with Crippen molar-refractivity contribution in [2.45, 2.75) is 20.2 Å². The number of halogens is 3. The van der Waals surface area contributed by atoms with Crippen LogP contribution in [0.1, 0.15) is 13.8 Å². The van der Waals surface area contributed by atoms with Crippen LogP contribution in [0.25, 0.3) is 0 Å². The van der Waals surface area contributed by atoms with Gasteiger partial charge in [-0.1, -0.05) is 19.9 Å². The highest BCUT2D eigenvalue weighted by Crippen LogP contribution is 2.26. The van der Waals surface area contributed by atoms with Crippen LogP contribution in [0.3, 0.4) is 0 Å². The van der Waals surface area contributed by atoms with Gasteiger partial charge in [0.1, 0.15) is 11.5 Å². The van der Waals surface area contributed by atoms with E-state index in [0.29, 0.717) is 18.3 Å². The van der Waals surface area contributed by atoms with Crippen LogP contribution >= 0.6 is 0 Å². The quantitative estimate of drug-likeness (QED) is 0.792. The molecular formula is C11H13F3O2. The minimum absolute atomic E-state index is 0.270. The fraction of sp³-hybridized carbons (Fsp3) is 0.455. The molecule has 0 aliphatic carbocycles. The van der Waals surface area contributed by atoms with Crippen LogP contribution in [-0.2, 0) is 0 Å². The van der Waals surface area contributed by atoms with E-state index in [9.17, 15) is 13.2 Å². The van der Waals surface area contributed by atoms with Crippen LogP contribution in [0.5, 0.6) is 11.5 Å². The largest absolute Gasteiger partial charge is 0.573 e. The van der Waals surface area contributed by atoms with Crippen molar-refractivity contribution in [2.24, 2.45) is 5.92 Å². The lowest BCUT2D eigenvalue weighted by molar-refractivity contribution is -0.274. The molecule has 0 saturated heterocycles. The SMILES string of the molecule is CC(C)COc1cccc(OC(F)(F)F)c1. The predicted octanol–water partition coefficient (Wildman–Crippen LogP) is 3.62. The molecule has 0 spiro atoms. The molecule has 0 atom stereocenters. The first kappa shape index (κ1) is 12.7. The minimum Gasteiger partial charge on any atom is -0.493 e. The molecule has 0 amide bonds. The first-order valence-corrected chi connectivity index (χ1v) is 4.85. The average molecular weight is 234 g/mol. The van der Waals surface area contributed by atoms with Crippen LogP contribution < -0.4 is 9.47 Å². The summed E-state index contributed by atoms with van der Waals surface area (Å²) in [6.07, 6.45) is -4.67. The summed E-state index contributed by atoms with van der Waals surface area (Å²) in [7, 11) is 0. The molecule has 0 aromatic heterocycles. The summed E-state index contributed by atoms with van der Waals surface area (Å²) in [6, 6.07) is 5.49. The van der Waals surface area contributed by atoms with Gasteiger partial charge in [0.05, 0.1) is 6.61 Å². The Labute approximate surface area is 92.0 Å². The minimum atomic E-state index is -4.67. The third-order valence-electron chi connectivity index (χ3n) is 1.62. The highest BCUT2D eigenvalue weighted by Gasteiger charge is 2.31. The van der Waals surface area contributed by atoms with Gasteiger partial charge in [-0.15, -0.1) is 13.2 Å². The zero-order valence-corrected chi connectivity index (χ0v) is 9.04. The van der Waals surface area contributed by atoms with Crippen molar-refractivity contribution in [3.05, 3.63) is 24.3 Å². The monoisotopic (exact) mass is 234 g/mol. The van der Waals surface area contributed by atoms with E-state index < -0.39 is 6.36 Å². The van der Waals surface area contributed by atoms with Gasteiger partial charge in [0.25, 0.3) is 0 Å². The Hall–Kier alpha value is -1.39. The van der Waals surface area contributed by atoms with Crippen LogP contribution in [0.15, 0.2) is 24.3 Å². The van der Waals surface area contributed by atoms with Crippen molar-refractivity contribution in [3.8, 4) is 11.5 Å². The molecule has 0 aliphatic rings. The van der Waals surface area contributed by atoms with Crippen LogP contribution in [0.2, 0.25) is 0 Å². The maximum Gasteiger partial charge on any atom is 0.573 e. The van der Waals surface area contributed by atoms with E-state index in [4.69, 9.17) is 4.74 Å². The Morgan fingerprint density at radius 1 is 1.19 bits per heavy atom. The molecule has 1 rings (SSSR count). The second kappa shape index (κ2) is 5.09. The summed E-state index contributed by atoms with van der Waals surface area (Å²) in [5.41, 5.74) is 0. The zero-order valence-electron chi connectivity index (χ0n) is 9.04. The van der Waals surface area contributed by atoms with Gasteiger partial charge in [-0.05, 0) is 18.1 Å². The van der Waals surface area contributed by atoms with Crippen molar-refractivity contribution in [2.75, 3.05) is 6.61 Å². The first-order chi connectivity index (χ1) is 7.37. The van der Waals surface area contributed by atoms with Gasteiger partial charge in [-0.25, -0.2) is 0 Å². The van der Waals surface area contributed by atoms with Crippen LogP contribution in [0, 0.1) is 5.92 Å². The Morgan fingerprint density at radius 2 is 1.81 bits per heavy atom. The summed E-state index contributed by atoms with van der Waals surface area (Å²) < 4.78 is 44.8. The first-order valence-electron chi connectivity index (χ1n) is 4.85. The van der Waals surface area contributed by atoms with Gasteiger partial charge in [-0.2, -0.15) is 0 Å². The molecule has 0 N–H and O–H groups in total. The molecule has 90 valence electrons. The fourth-order valence-electron chi connectivity index (χ4n) is 1.02. The molecule has 16 heavy (non-hydrogen) atoms. The molecule has 0 radical (unpaired) electrons. The third-order valence-corrected chi connectivity index (χ3v) is 1.62. The second-order valence-corrected chi connectivity index (χ2v) is 3.73. The Balaban J connectivity index is 2.64. The van der Waals surface area contributed by atoms with Gasteiger partial charge < -0.3 is 9.47 Å². The van der Waals surface area contributed by atoms with Gasteiger partial charge in [-0.3, -0.25) is 0 Å². The third kappa shape index (κ3) is 4.91. The van der Waals surface area contributed by atoms with E-state index in [1.807, 2.05) is 13.8 Å². The number of alkyl halides is 3. The molecule has 1 aromatic carbocycles. The molecule has 1 aromatic rings. The van der Waals surface area contributed by atoms with E-state index in [0.717, 1.165) is 0 Å². The molecule has 2 nitrogen and oxygen atoms in total. The summed E-state index contributed by atoms with van der Waals surface area (Å²) in [5.74, 6) is 0.413. The lowest BCUT2D eigenvalue weighted by atomic mass is 10.2.